The van der Waals surface area contributed by atoms with E-state index in [-0.39, 0.29) is 11.9 Å². The number of hydrogen-bond acceptors (Lipinski definition) is 3. The number of amides is 1. The topological polar surface area (TPSA) is 46.9 Å². The molecular weight excluding hydrogens is 354 g/mol. The molecule has 0 radical (unpaired) electrons. The molecule has 1 unspecified atom stereocenters. The van der Waals surface area contributed by atoms with Gasteiger partial charge in [-0.2, -0.15) is 0 Å². The van der Waals surface area contributed by atoms with Crippen molar-refractivity contribution in [3.63, 3.8) is 0 Å². The summed E-state index contributed by atoms with van der Waals surface area (Å²) in [5.74, 6) is -0.0802. The van der Waals surface area contributed by atoms with Gasteiger partial charge in [-0.05, 0) is 48.9 Å². The molecule has 1 aliphatic rings. The van der Waals surface area contributed by atoms with E-state index in [1.165, 1.54) is 5.56 Å². The third-order valence-electron chi connectivity index (χ3n) is 4.79. The molecule has 0 saturated heterocycles. The molecular formula is C19H18ClN3OS. The van der Waals surface area contributed by atoms with Gasteiger partial charge >= 0.3 is 0 Å². The number of fused-ring (bicyclic) bond motifs is 2. The second-order valence-electron chi connectivity index (χ2n) is 6.28. The minimum absolute atomic E-state index is 0.0278. The van der Waals surface area contributed by atoms with Crippen molar-refractivity contribution < 1.29 is 4.79 Å². The Bertz CT molecular complexity index is 982. The van der Waals surface area contributed by atoms with E-state index in [1.54, 1.807) is 11.8 Å². The van der Waals surface area contributed by atoms with E-state index >= 15 is 0 Å². The number of thioether (sulfide) groups is 1. The maximum absolute atomic E-state index is 12.8. The van der Waals surface area contributed by atoms with Gasteiger partial charge in [-0.3, -0.25) is 9.78 Å². The smallest absolute Gasteiger partial charge is 0.268 e. The highest BCUT2D eigenvalue weighted by Crippen LogP contribution is 2.32. The average Bonchev–Trinajstić information content (AvgIpc) is 3.16. The molecule has 3 aromatic rings. The fraction of sp³-hybridized carbons (Fsp3) is 0.263. The number of benzene rings is 1. The lowest BCUT2D eigenvalue weighted by Gasteiger charge is -2.14. The summed E-state index contributed by atoms with van der Waals surface area (Å²) in [6.45, 7) is 0. The molecule has 2 heterocycles. The highest BCUT2D eigenvalue weighted by Gasteiger charge is 2.27. The van der Waals surface area contributed by atoms with Crippen LogP contribution >= 0.6 is 23.4 Å². The number of nitrogens with zero attached hydrogens (tertiary/aromatic N) is 2. The van der Waals surface area contributed by atoms with Gasteiger partial charge in [0.1, 0.15) is 5.69 Å². The predicted octanol–water partition coefficient (Wildman–Crippen LogP) is 4.37. The lowest BCUT2D eigenvalue weighted by Crippen LogP contribution is -2.29. The Morgan fingerprint density at radius 1 is 1.36 bits per heavy atom. The first-order chi connectivity index (χ1) is 12.1. The summed E-state index contributed by atoms with van der Waals surface area (Å²) in [7, 11) is 1.89. The van der Waals surface area contributed by atoms with Crippen LogP contribution in [0.2, 0.25) is 5.02 Å². The van der Waals surface area contributed by atoms with Crippen molar-refractivity contribution in [2.75, 3.05) is 6.26 Å². The van der Waals surface area contributed by atoms with Crippen LogP contribution in [0.5, 0.6) is 0 Å². The Morgan fingerprint density at radius 3 is 3.00 bits per heavy atom. The van der Waals surface area contributed by atoms with Crippen molar-refractivity contribution in [1.29, 1.82) is 0 Å². The van der Waals surface area contributed by atoms with Gasteiger partial charge < -0.3 is 9.88 Å². The van der Waals surface area contributed by atoms with Gasteiger partial charge in [-0.25, -0.2) is 0 Å². The van der Waals surface area contributed by atoms with E-state index in [0.717, 1.165) is 34.3 Å². The Hall–Kier alpha value is -1.98. The van der Waals surface area contributed by atoms with Crippen LogP contribution in [0.3, 0.4) is 0 Å². The van der Waals surface area contributed by atoms with Crippen LogP contribution in [-0.4, -0.2) is 21.7 Å². The minimum atomic E-state index is -0.0802. The maximum Gasteiger partial charge on any atom is 0.268 e. The molecule has 25 heavy (non-hydrogen) atoms. The van der Waals surface area contributed by atoms with Gasteiger partial charge in [0.05, 0.1) is 11.7 Å². The van der Waals surface area contributed by atoms with Gasteiger partial charge in [0.2, 0.25) is 0 Å². The second kappa shape index (κ2) is 6.39. The van der Waals surface area contributed by atoms with Crippen molar-refractivity contribution in [1.82, 2.24) is 14.9 Å². The lowest BCUT2D eigenvalue weighted by molar-refractivity contribution is 0.0928. The zero-order valence-electron chi connectivity index (χ0n) is 14.0. The molecule has 1 amide bonds. The van der Waals surface area contributed by atoms with Crippen LogP contribution < -0.4 is 5.32 Å². The zero-order valence-corrected chi connectivity index (χ0v) is 15.6. The third-order valence-corrected chi connectivity index (χ3v) is 5.72. The number of pyridine rings is 1. The summed E-state index contributed by atoms with van der Waals surface area (Å²) in [6.07, 6.45) is 5.77. The van der Waals surface area contributed by atoms with Crippen LogP contribution in [0.4, 0.5) is 0 Å². The fourth-order valence-corrected chi connectivity index (χ4v) is 4.04. The predicted molar refractivity (Wildman–Crippen MR) is 102 cm³/mol. The maximum atomic E-state index is 12.8. The monoisotopic (exact) mass is 371 g/mol. The number of rotatable bonds is 3. The van der Waals surface area contributed by atoms with Crippen LogP contribution in [0.25, 0.3) is 10.9 Å². The van der Waals surface area contributed by atoms with E-state index in [9.17, 15) is 4.79 Å². The Balaban J connectivity index is 1.61. The van der Waals surface area contributed by atoms with E-state index in [4.69, 9.17) is 11.6 Å². The Labute approximate surface area is 155 Å². The number of nitrogens with one attached hydrogen (secondary N) is 1. The molecule has 1 aliphatic carbocycles. The summed E-state index contributed by atoms with van der Waals surface area (Å²) >= 11 is 7.76. The average molecular weight is 372 g/mol. The Kier molecular flexibility index (Phi) is 4.21. The van der Waals surface area contributed by atoms with E-state index in [1.807, 2.05) is 48.3 Å². The number of hydrogen-bond donors (Lipinski definition) is 1. The number of carbonyl (C=O) groups is 1. The van der Waals surface area contributed by atoms with Crippen molar-refractivity contribution in [3.8, 4) is 0 Å². The number of aryl methyl sites for hydroxylation is 2. The molecule has 0 bridgehead atoms. The molecule has 1 atom stereocenters. The van der Waals surface area contributed by atoms with Gasteiger partial charge in [-0.1, -0.05) is 17.7 Å². The van der Waals surface area contributed by atoms with Gasteiger partial charge in [0.25, 0.3) is 5.91 Å². The highest BCUT2D eigenvalue weighted by atomic mass is 35.5. The van der Waals surface area contributed by atoms with Crippen molar-refractivity contribution in [2.45, 2.75) is 23.8 Å². The number of aromatic nitrogens is 2. The number of carbonyl (C=O) groups excluding carboxylic acids is 1. The van der Waals surface area contributed by atoms with Gasteiger partial charge in [-0.15, -0.1) is 11.8 Å². The molecule has 2 aromatic heterocycles. The number of halogens is 1. The van der Waals surface area contributed by atoms with Crippen molar-refractivity contribution in [3.05, 3.63) is 58.5 Å². The fourth-order valence-electron chi connectivity index (χ4n) is 3.46. The second-order valence-corrected chi connectivity index (χ2v) is 7.59. The SMILES string of the molecule is CSc1cnc2c(c1)CCC2NC(=O)c1cc2ccc(Cl)cc2n1C. The van der Waals surface area contributed by atoms with E-state index in [0.29, 0.717) is 10.7 Å². The molecule has 128 valence electrons. The quantitative estimate of drug-likeness (QED) is 0.695. The summed E-state index contributed by atoms with van der Waals surface area (Å²) < 4.78 is 1.89. The molecule has 4 nitrogen and oxygen atoms in total. The first kappa shape index (κ1) is 16.5. The molecule has 0 saturated carbocycles. The normalized spacial score (nSPS) is 16.2. The highest BCUT2D eigenvalue weighted by molar-refractivity contribution is 7.98. The third kappa shape index (κ3) is 2.92. The first-order valence-electron chi connectivity index (χ1n) is 8.15. The van der Waals surface area contributed by atoms with E-state index < -0.39 is 0 Å². The largest absolute Gasteiger partial charge is 0.342 e. The molecule has 4 rings (SSSR count). The van der Waals surface area contributed by atoms with Crippen LogP contribution in [-0.2, 0) is 13.5 Å². The summed E-state index contributed by atoms with van der Waals surface area (Å²) in [5, 5.41) is 4.82. The summed E-state index contributed by atoms with van der Waals surface area (Å²) in [6, 6.07) is 9.71. The van der Waals surface area contributed by atoms with Crippen molar-refractivity contribution >= 4 is 40.2 Å². The minimum Gasteiger partial charge on any atom is -0.342 e. The van der Waals surface area contributed by atoms with E-state index in [2.05, 4.69) is 16.4 Å². The molecule has 6 heteroatoms. The lowest BCUT2D eigenvalue weighted by atomic mass is 10.2. The summed E-state index contributed by atoms with van der Waals surface area (Å²) in [5.41, 5.74) is 3.81. The van der Waals surface area contributed by atoms with Gasteiger partial charge in [0, 0.05) is 34.1 Å². The molecule has 0 fully saturated rings. The first-order valence-corrected chi connectivity index (χ1v) is 9.75. The van der Waals surface area contributed by atoms with Gasteiger partial charge in [0.15, 0.2) is 0 Å². The van der Waals surface area contributed by atoms with Crippen molar-refractivity contribution in [2.24, 2.45) is 7.05 Å². The van der Waals surface area contributed by atoms with Crippen LogP contribution in [0.1, 0.15) is 34.2 Å². The standard InChI is InChI=1S/C19H18ClN3OS/c1-23-16-9-13(20)5-3-11(16)8-17(23)19(24)22-15-6-4-12-7-14(25-2)10-21-18(12)15/h3,5,7-10,15H,4,6H2,1-2H3,(H,22,24). The molecule has 0 spiro atoms. The molecule has 0 aliphatic heterocycles. The Morgan fingerprint density at radius 2 is 2.20 bits per heavy atom. The van der Waals surface area contributed by atoms with Crippen LogP contribution in [0, 0.1) is 0 Å². The summed E-state index contributed by atoms with van der Waals surface area (Å²) in [4.78, 5) is 18.6. The molecule has 1 N–H and O–H groups in total. The van der Waals surface area contributed by atoms with Crippen LogP contribution in [0.15, 0.2) is 41.4 Å². The molecule has 1 aromatic carbocycles. The zero-order chi connectivity index (χ0) is 17.6.